The lowest BCUT2D eigenvalue weighted by molar-refractivity contribution is -0.161. The van der Waals surface area contributed by atoms with Gasteiger partial charge < -0.3 is 14.7 Å². The molecule has 1 heterocycles. The molecule has 0 aromatic carbocycles. The summed E-state index contributed by atoms with van der Waals surface area (Å²) in [4.78, 5) is 24.1. The van der Waals surface area contributed by atoms with E-state index in [1.165, 1.54) is 0 Å². The minimum Gasteiger partial charge on any atom is -0.465 e. The van der Waals surface area contributed by atoms with Crippen LogP contribution in [0.5, 0.6) is 0 Å². The third-order valence-corrected chi connectivity index (χ3v) is 4.00. The van der Waals surface area contributed by atoms with Crippen molar-refractivity contribution >= 4 is 22.1 Å². The molecule has 0 aromatic heterocycles. The molecule has 0 bridgehead atoms. The quantitative estimate of drug-likeness (QED) is 0.717. The van der Waals surface area contributed by atoms with Crippen LogP contribution in [-0.4, -0.2) is 72.3 Å². The lowest BCUT2D eigenvalue weighted by atomic mass is 10.1. The maximum absolute atomic E-state index is 12.1. The Hall–Kier alpha value is -1.35. The fourth-order valence-corrected chi connectivity index (χ4v) is 2.93. The van der Waals surface area contributed by atoms with Crippen LogP contribution in [0.1, 0.15) is 20.8 Å². The zero-order chi connectivity index (χ0) is 15.7. The summed E-state index contributed by atoms with van der Waals surface area (Å²) in [6.45, 7) is 4.72. The number of nitrogens with zero attached hydrogens (tertiary/aromatic N) is 2. The second kappa shape index (κ2) is 5.57. The number of sulfonamides is 1. The monoisotopic (exact) mass is 308 g/mol. The zero-order valence-electron chi connectivity index (χ0n) is 12.0. The normalized spacial score (nSPS) is 21.6. The summed E-state index contributed by atoms with van der Waals surface area (Å²) >= 11 is 0. The number of hydrogen-bond donors (Lipinski definition) is 1. The number of ether oxygens (including phenoxy) is 1. The topological polar surface area (TPSA) is 104 Å². The highest BCUT2D eigenvalue weighted by Gasteiger charge is 2.41. The van der Waals surface area contributed by atoms with E-state index in [2.05, 4.69) is 0 Å². The first-order valence-electron chi connectivity index (χ1n) is 6.09. The van der Waals surface area contributed by atoms with E-state index in [0.717, 1.165) is 15.5 Å². The molecule has 1 unspecified atom stereocenters. The van der Waals surface area contributed by atoms with Crippen LogP contribution in [0.2, 0.25) is 0 Å². The highest BCUT2D eigenvalue weighted by atomic mass is 32.2. The zero-order valence-corrected chi connectivity index (χ0v) is 12.8. The molecule has 20 heavy (non-hydrogen) atoms. The number of rotatable bonds is 2. The Morgan fingerprint density at radius 1 is 1.25 bits per heavy atom. The molecule has 1 fully saturated rings. The Morgan fingerprint density at radius 3 is 2.20 bits per heavy atom. The summed E-state index contributed by atoms with van der Waals surface area (Å²) in [6.07, 6.45) is -0.201. The van der Waals surface area contributed by atoms with Crippen LogP contribution in [-0.2, 0) is 19.6 Å². The third-order valence-electron chi connectivity index (χ3n) is 2.71. The van der Waals surface area contributed by atoms with Crippen molar-refractivity contribution in [2.45, 2.75) is 32.4 Å². The van der Waals surface area contributed by atoms with Gasteiger partial charge in [0, 0.05) is 13.1 Å². The number of carbonyl (C=O) groups excluding carboxylic acids is 1. The Bertz CT molecular complexity index is 496. The van der Waals surface area contributed by atoms with Gasteiger partial charge in [-0.2, -0.15) is 4.31 Å². The molecule has 9 heteroatoms. The second-order valence-electron chi connectivity index (χ2n) is 5.65. The smallest absolute Gasteiger partial charge is 0.407 e. The van der Waals surface area contributed by atoms with Gasteiger partial charge in [-0.05, 0) is 20.8 Å². The average molecular weight is 308 g/mol. The first kappa shape index (κ1) is 16.7. The Morgan fingerprint density at radius 2 is 1.80 bits per heavy atom. The maximum atomic E-state index is 12.1. The molecule has 1 aliphatic heterocycles. The van der Waals surface area contributed by atoms with Crippen LogP contribution in [0.4, 0.5) is 4.79 Å². The van der Waals surface area contributed by atoms with Crippen LogP contribution in [0, 0.1) is 0 Å². The van der Waals surface area contributed by atoms with Crippen LogP contribution in [0.15, 0.2) is 0 Å². The molecule has 0 radical (unpaired) electrons. The second-order valence-corrected chi connectivity index (χ2v) is 7.59. The number of esters is 1. The van der Waals surface area contributed by atoms with Crippen LogP contribution in [0.3, 0.4) is 0 Å². The average Bonchev–Trinajstić information content (AvgIpc) is 2.24. The molecule has 0 saturated carbocycles. The lowest BCUT2D eigenvalue weighted by Crippen LogP contribution is -2.59. The molecule has 1 amide bonds. The SMILES string of the molecule is CC(C)(C)OC(=O)C1CN(C(=O)O)CCN1S(C)(=O)=O. The van der Waals surface area contributed by atoms with E-state index >= 15 is 0 Å². The predicted octanol–water partition coefficient (Wildman–Crippen LogP) is -0.0481. The van der Waals surface area contributed by atoms with Gasteiger partial charge in [0.25, 0.3) is 0 Å². The molecule has 1 rings (SSSR count). The molecule has 0 spiro atoms. The van der Waals surface area contributed by atoms with E-state index in [-0.39, 0.29) is 19.6 Å². The Labute approximate surface area is 118 Å². The van der Waals surface area contributed by atoms with E-state index in [1.807, 2.05) is 0 Å². The molecule has 1 atom stereocenters. The van der Waals surface area contributed by atoms with E-state index < -0.39 is 33.7 Å². The molecule has 0 aromatic rings. The highest BCUT2D eigenvalue weighted by molar-refractivity contribution is 7.88. The van der Waals surface area contributed by atoms with Crippen LogP contribution in [0.25, 0.3) is 0 Å². The molecule has 8 nitrogen and oxygen atoms in total. The molecular formula is C11H20N2O6S. The van der Waals surface area contributed by atoms with Crippen molar-refractivity contribution in [3.63, 3.8) is 0 Å². The summed E-state index contributed by atoms with van der Waals surface area (Å²) in [6, 6.07) is -1.14. The predicted molar refractivity (Wildman–Crippen MR) is 70.8 cm³/mol. The van der Waals surface area contributed by atoms with Crippen molar-refractivity contribution in [3.8, 4) is 0 Å². The molecular weight excluding hydrogens is 288 g/mol. The molecule has 1 N–H and O–H groups in total. The summed E-state index contributed by atoms with van der Waals surface area (Å²) in [5.74, 6) is -0.742. The van der Waals surface area contributed by atoms with Gasteiger partial charge in [-0.15, -0.1) is 0 Å². The van der Waals surface area contributed by atoms with Gasteiger partial charge in [0.1, 0.15) is 11.6 Å². The number of carboxylic acid groups (broad SMARTS) is 1. The van der Waals surface area contributed by atoms with Gasteiger partial charge in [0.15, 0.2) is 0 Å². The number of piperazine rings is 1. The standard InChI is InChI=1S/C11H20N2O6S/c1-11(2,3)19-9(14)8-7-12(10(15)16)5-6-13(8)20(4,17)18/h8H,5-7H2,1-4H3,(H,15,16). The first-order chi connectivity index (χ1) is 8.92. The minimum absolute atomic E-state index is 0.0295. The first-order valence-corrected chi connectivity index (χ1v) is 7.94. The van der Waals surface area contributed by atoms with Gasteiger partial charge >= 0.3 is 12.1 Å². The maximum Gasteiger partial charge on any atom is 0.407 e. The van der Waals surface area contributed by atoms with Gasteiger partial charge in [0.05, 0.1) is 12.8 Å². The van der Waals surface area contributed by atoms with Gasteiger partial charge in [0.2, 0.25) is 10.0 Å². The van der Waals surface area contributed by atoms with Gasteiger partial charge in [-0.3, -0.25) is 4.79 Å². The lowest BCUT2D eigenvalue weighted by Gasteiger charge is -2.38. The van der Waals surface area contributed by atoms with Gasteiger partial charge in [-0.25, -0.2) is 13.2 Å². The van der Waals surface area contributed by atoms with Crippen LogP contribution < -0.4 is 0 Å². The molecule has 0 aliphatic carbocycles. The molecule has 116 valence electrons. The van der Waals surface area contributed by atoms with Crippen molar-refractivity contribution in [1.29, 1.82) is 0 Å². The summed E-state index contributed by atoms with van der Waals surface area (Å²) in [5.41, 5.74) is -0.772. The van der Waals surface area contributed by atoms with Crippen molar-refractivity contribution in [3.05, 3.63) is 0 Å². The Balaban J connectivity index is 2.98. The highest BCUT2D eigenvalue weighted by Crippen LogP contribution is 2.18. The van der Waals surface area contributed by atoms with E-state index in [4.69, 9.17) is 9.84 Å². The van der Waals surface area contributed by atoms with Gasteiger partial charge in [-0.1, -0.05) is 0 Å². The number of amides is 1. The molecule has 1 aliphatic rings. The summed E-state index contributed by atoms with van der Waals surface area (Å²) < 4.78 is 29.5. The van der Waals surface area contributed by atoms with Crippen molar-refractivity contribution in [1.82, 2.24) is 9.21 Å². The van der Waals surface area contributed by atoms with Crippen LogP contribution >= 0.6 is 0 Å². The summed E-state index contributed by atoms with van der Waals surface area (Å²) in [7, 11) is -3.61. The summed E-state index contributed by atoms with van der Waals surface area (Å²) in [5, 5.41) is 8.97. The van der Waals surface area contributed by atoms with E-state index in [1.54, 1.807) is 20.8 Å². The van der Waals surface area contributed by atoms with Crippen molar-refractivity contribution < 1.29 is 27.9 Å². The largest absolute Gasteiger partial charge is 0.465 e. The number of hydrogen-bond acceptors (Lipinski definition) is 5. The third kappa shape index (κ3) is 4.34. The van der Waals surface area contributed by atoms with Crippen molar-refractivity contribution in [2.75, 3.05) is 25.9 Å². The van der Waals surface area contributed by atoms with E-state index in [9.17, 15) is 18.0 Å². The number of carbonyl (C=O) groups is 2. The minimum atomic E-state index is -3.61. The molecule has 1 saturated heterocycles. The fourth-order valence-electron chi connectivity index (χ4n) is 1.90. The van der Waals surface area contributed by atoms with Crippen molar-refractivity contribution in [2.24, 2.45) is 0 Å². The Kier molecular flexibility index (Phi) is 4.65. The van der Waals surface area contributed by atoms with E-state index in [0.29, 0.717) is 0 Å². The fraction of sp³-hybridized carbons (Fsp3) is 0.818.